The molecule has 2 fully saturated rings. The number of alkyl halides is 3. The van der Waals surface area contributed by atoms with Gasteiger partial charge in [-0.25, -0.2) is 0 Å². The van der Waals surface area contributed by atoms with Gasteiger partial charge in [0, 0.05) is 69.4 Å². The minimum absolute atomic E-state index is 0.0439. The number of amides is 3. The molecule has 0 bridgehead atoms. The summed E-state index contributed by atoms with van der Waals surface area (Å²) >= 11 is 5.32. The summed E-state index contributed by atoms with van der Waals surface area (Å²) in [6.07, 6.45) is -0.0705. The molecule has 4 atom stereocenters. The van der Waals surface area contributed by atoms with Crippen LogP contribution in [0, 0.1) is 17.8 Å². The molecule has 1 aromatic carbocycles. The molecule has 12 heteroatoms. The Morgan fingerprint density at radius 1 is 1.15 bits per heavy atom. The summed E-state index contributed by atoms with van der Waals surface area (Å²) in [7, 11) is 3.45. The van der Waals surface area contributed by atoms with Crippen LogP contribution in [0.2, 0.25) is 0 Å². The molecule has 0 spiro atoms. The predicted molar refractivity (Wildman–Crippen MR) is 178 cm³/mol. The molecule has 46 heavy (non-hydrogen) atoms. The zero-order valence-electron chi connectivity index (χ0n) is 28.2. The number of nitrogens with zero attached hydrogens (tertiary/aromatic N) is 3. The Kier molecular flexibility index (Phi) is 15.1. The standard InChI is InChI=1S/C30H44F3N5O3.C4H7Cl/c1-7-20(4)28-23(18-27(40)36(28)6)29(41)38-14-12-37(13-15-38)25-9-8-21(30(31,32)33)17-22(25)24(16-19(2)3)35-26(39)10-11-34-5;1-3-4(2)5/h7-9,17,19-20,23-24,28,34H,1,10-16,18H2,2-6H3,(H,35,39);3H,1-2H3/b;4-3+. The molecule has 2 heterocycles. The molecule has 0 aliphatic carbocycles. The third-order valence-corrected chi connectivity index (χ3v) is 8.80. The van der Waals surface area contributed by atoms with Crippen LogP contribution in [0.1, 0.15) is 71.0 Å². The highest BCUT2D eigenvalue weighted by Gasteiger charge is 2.45. The van der Waals surface area contributed by atoms with Crippen molar-refractivity contribution < 1.29 is 27.6 Å². The second-order valence-corrected chi connectivity index (χ2v) is 13.1. The summed E-state index contributed by atoms with van der Waals surface area (Å²) in [4.78, 5) is 44.0. The van der Waals surface area contributed by atoms with Gasteiger partial charge in [-0.15, -0.1) is 6.58 Å². The third-order valence-electron chi connectivity index (χ3n) is 8.58. The Hall–Kier alpha value is -3.05. The van der Waals surface area contributed by atoms with Crippen molar-refractivity contribution in [3.63, 3.8) is 0 Å². The number of anilines is 1. The van der Waals surface area contributed by atoms with E-state index in [0.29, 0.717) is 50.4 Å². The predicted octanol–water partition coefficient (Wildman–Crippen LogP) is 5.98. The van der Waals surface area contributed by atoms with E-state index >= 15 is 0 Å². The fourth-order valence-corrected chi connectivity index (χ4v) is 5.92. The zero-order valence-corrected chi connectivity index (χ0v) is 29.0. The molecular weight excluding hydrogens is 619 g/mol. The van der Waals surface area contributed by atoms with Crippen LogP contribution in [-0.2, 0) is 20.6 Å². The van der Waals surface area contributed by atoms with Gasteiger partial charge < -0.3 is 25.3 Å². The van der Waals surface area contributed by atoms with Gasteiger partial charge in [-0.1, -0.05) is 44.5 Å². The molecular formula is C34H51ClF3N5O3. The van der Waals surface area contributed by atoms with E-state index in [2.05, 4.69) is 17.2 Å². The number of likely N-dealkylation sites (tertiary alicyclic amines) is 1. The number of allylic oxidation sites excluding steroid dienone is 2. The molecule has 1 aromatic rings. The largest absolute Gasteiger partial charge is 0.416 e. The molecule has 0 saturated carbocycles. The van der Waals surface area contributed by atoms with Crippen molar-refractivity contribution in [1.82, 2.24) is 20.4 Å². The monoisotopic (exact) mass is 669 g/mol. The number of carbonyl (C=O) groups excluding carboxylic acids is 3. The van der Waals surface area contributed by atoms with Gasteiger partial charge in [0.25, 0.3) is 0 Å². The van der Waals surface area contributed by atoms with Crippen molar-refractivity contribution in [2.45, 2.75) is 72.1 Å². The van der Waals surface area contributed by atoms with E-state index in [1.807, 2.05) is 45.6 Å². The molecule has 2 saturated heterocycles. The molecule has 3 rings (SSSR count). The number of benzene rings is 1. The number of carbonyl (C=O) groups is 3. The lowest BCUT2D eigenvalue weighted by Crippen LogP contribution is -2.52. The van der Waals surface area contributed by atoms with Gasteiger partial charge in [0.15, 0.2) is 0 Å². The van der Waals surface area contributed by atoms with E-state index in [9.17, 15) is 27.6 Å². The van der Waals surface area contributed by atoms with Crippen LogP contribution in [0.4, 0.5) is 18.9 Å². The first kappa shape index (κ1) is 39.1. The first-order valence-corrected chi connectivity index (χ1v) is 16.3. The van der Waals surface area contributed by atoms with Gasteiger partial charge in [-0.2, -0.15) is 13.2 Å². The number of piperazine rings is 1. The molecule has 8 nitrogen and oxygen atoms in total. The molecule has 2 N–H and O–H groups in total. The average molecular weight is 670 g/mol. The highest BCUT2D eigenvalue weighted by atomic mass is 35.5. The summed E-state index contributed by atoms with van der Waals surface area (Å²) in [5, 5.41) is 6.74. The summed E-state index contributed by atoms with van der Waals surface area (Å²) in [6, 6.07) is 2.86. The Balaban J connectivity index is 0.00000136. The Morgan fingerprint density at radius 3 is 2.26 bits per heavy atom. The SMILES string of the molecule is C/C=C(\C)Cl.C=CC(C)C1C(C(=O)N2CCN(c3ccc(C(F)(F)F)cc3C(CC(C)C)NC(=O)CCNC)CC2)CC(=O)N1C. The van der Waals surface area contributed by atoms with Crippen molar-refractivity contribution in [1.29, 1.82) is 0 Å². The van der Waals surface area contributed by atoms with Crippen molar-refractivity contribution >= 4 is 35.0 Å². The molecule has 3 amide bonds. The Morgan fingerprint density at radius 2 is 1.76 bits per heavy atom. The normalized spacial score (nSPS) is 20.3. The molecule has 0 aromatic heterocycles. The van der Waals surface area contributed by atoms with E-state index in [1.165, 1.54) is 6.07 Å². The van der Waals surface area contributed by atoms with E-state index in [0.717, 1.165) is 17.2 Å². The maximum Gasteiger partial charge on any atom is 0.416 e. The lowest BCUT2D eigenvalue weighted by atomic mass is 9.88. The molecule has 2 aliphatic heterocycles. The van der Waals surface area contributed by atoms with E-state index in [1.54, 1.807) is 30.0 Å². The summed E-state index contributed by atoms with van der Waals surface area (Å²) < 4.78 is 41.3. The maximum absolute atomic E-state index is 13.8. The van der Waals surface area contributed by atoms with Gasteiger partial charge in [0.05, 0.1) is 17.5 Å². The van der Waals surface area contributed by atoms with E-state index < -0.39 is 23.7 Å². The molecule has 2 aliphatic rings. The first-order chi connectivity index (χ1) is 21.5. The minimum atomic E-state index is -4.53. The van der Waals surface area contributed by atoms with Crippen LogP contribution in [0.3, 0.4) is 0 Å². The highest BCUT2D eigenvalue weighted by Crippen LogP contribution is 2.38. The van der Waals surface area contributed by atoms with E-state index in [4.69, 9.17) is 11.6 Å². The summed E-state index contributed by atoms with van der Waals surface area (Å²) in [6.45, 7) is 15.5. The molecule has 0 radical (unpaired) electrons. The molecule has 258 valence electrons. The van der Waals surface area contributed by atoms with Crippen LogP contribution in [0.15, 0.2) is 42.0 Å². The Bertz CT molecular complexity index is 1230. The van der Waals surface area contributed by atoms with Crippen LogP contribution in [-0.4, -0.2) is 80.4 Å². The van der Waals surface area contributed by atoms with Gasteiger partial charge in [0.1, 0.15) is 0 Å². The van der Waals surface area contributed by atoms with Gasteiger partial charge in [-0.05, 0) is 62.9 Å². The van der Waals surface area contributed by atoms with Crippen molar-refractivity contribution in [2.75, 3.05) is 51.7 Å². The van der Waals surface area contributed by atoms with Crippen molar-refractivity contribution in [2.24, 2.45) is 17.8 Å². The van der Waals surface area contributed by atoms with Gasteiger partial charge in [0.2, 0.25) is 17.7 Å². The van der Waals surface area contributed by atoms with Gasteiger partial charge >= 0.3 is 6.18 Å². The smallest absolute Gasteiger partial charge is 0.368 e. The summed E-state index contributed by atoms with van der Waals surface area (Å²) in [5.41, 5.74) is 0.285. The first-order valence-electron chi connectivity index (χ1n) is 15.9. The zero-order chi connectivity index (χ0) is 34.8. The Labute approximate surface area is 277 Å². The molecule has 4 unspecified atom stereocenters. The lowest BCUT2D eigenvalue weighted by molar-refractivity contribution is -0.138. The number of hydrogen-bond donors (Lipinski definition) is 2. The minimum Gasteiger partial charge on any atom is -0.368 e. The number of hydrogen-bond acceptors (Lipinski definition) is 5. The van der Waals surface area contributed by atoms with Crippen LogP contribution < -0.4 is 15.5 Å². The topological polar surface area (TPSA) is 85.0 Å². The number of nitrogens with one attached hydrogen (secondary N) is 2. The average Bonchev–Trinajstić information content (AvgIpc) is 3.31. The number of halogens is 4. The van der Waals surface area contributed by atoms with Crippen LogP contribution in [0.25, 0.3) is 0 Å². The van der Waals surface area contributed by atoms with Crippen LogP contribution in [0.5, 0.6) is 0 Å². The fraction of sp³-hybridized carbons (Fsp3) is 0.618. The van der Waals surface area contributed by atoms with E-state index in [-0.39, 0.29) is 48.4 Å². The number of rotatable bonds is 11. The second kappa shape index (κ2) is 17.8. The van der Waals surface area contributed by atoms with Crippen molar-refractivity contribution in [3.8, 4) is 0 Å². The third kappa shape index (κ3) is 10.8. The lowest BCUT2D eigenvalue weighted by Gasteiger charge is -2.40. The van der Waals surface area contributed by atoms with Gasteiger partial charge in [-0.3, -0.25) is 14.4 Å². The quantitative estimate of drug-likeness (QED) is 0.283. The summed E-state index contributed by atoms with van der Waals surface area (Å²) in [5.74, 6) is -0.761. The fourth-order valence-electron chi connectivity index (χ4n) is 5.92. The maximum atomic E-state index is 13.8. The van der Waals surface area contributed by atoms with Crippen LogP contribution >= 0.6 is 11.6 Å². The highest BCUT2D eigenvalue weighted by molar-refractivity contribution is 6.29. The second-order valence-electron chi connectivity index (χ2n) is 12.5. The van der Waals surface area contributed by atoms with Crippen molar-refractivity contribution in [3.05, 3.63) is 53.1 Å².